The summed E-state index contributed by atoms with van der Waals surface area (Å²) >= 11 is 0. The largest absolute Gasteiger partial charge is 0.359 e. The van der Waals surface area contributed by atoms with Gasteiger partial charge in [-0.1, -0.05) is 48.5 Å². The summed E-state index contributed by atoms with van der Waals surface area (Å²) in [6.07, 6.45) is 10.1. The van der Waals surface area contributed by atoms with Crippen LogP contribution in [0.1, 0.15) is 55.5 Å². The number of aromatic amines is 1. The number of amides is 1. The van der Waals surface area contributed by atoms with Gasteiger partial charge in [-0.25, -0.2) is 9.07 Å². The first-order chi connectivity index (χ1) is 18.4. The molecule has 1 saturated carbocycles. The molecule has 1 saturated heterocycles. The van der Waals surface area contributed by atoms with Gasteiger partial charge in [-0.2, -0.15) is 5.26 Å². The second-order valence-corrected chi connectivity index (χ2v) is 10.0. The average molecular weight is 513 g/mol. The van der Waals surface area contributed by atoms with E-state index in [1.165, 1.54) is 28.1 Å². The van der Waals surface area contributed by atoms with E-state index in [9.17, 15) is 14.9 Å². The number of carbonyl (C=O) groups excluding carboxylic acids is 2. The Morgan fingerprint density at radius 1 is 1.24 bits per heavy atom. The number of ketones is 1. The predicted octanol–water partition coefficient (Wildman–Crippen LogP) is 2.98. The number of benzene rings is 1. The molecule has 1 unspecified atom stereocenters. The van der Waals surface area contributed by atoms with Crippen molar-refractivity contribution in [1.82, 2.24) is 24.9 Å². The van der Waals surface area contributed by atoms with Crippen molar-refractivity contribution < 1.29 is 14.0 Å². The first-order valence-electron chi connectivity index (χ1n) is 12.8. The van der Waals surface area contributed by atoms with Gasteiger partial charge in [-0.15, -0.1) is 5.10 Å². The molecule has 1 spiro atoms. The van der Waals surface area contributed by atoms with Gasteiger partial charge in [0.25, 0.3) is 11.7 Å². The van der Waals surface area contributed by atoms with Crippen LogP contribution in [0.4, 0.5) is 4.39 Å². The monoisotopic (exact) mass is 512 g/mol. The van der Waals surface area contributed by atoms with Crippen molar-refractivity contribution in [3.63, 3.8) is 0 Å². The number of rotatable bonds is 6. The van der Waals surface area contributed by atoms with E-state index in [0.29, 0.717) is 43.4 Å². The van der Waals surface area contributed by atoms with Crippen LogP contribution in [-0.2, 0) is 10.2 Å². The number of nitrogens with zero attached hydrogens (tertiary/aromatic N) is 5. The Balaban J connectivity index is 1.42. The second kappa shape index (κ2) is 9.86. The zero-order chi connectivity index (χ0) is 26.9. The molecule has 1 aliphatic heterocycles. The molecule has 9 heteroatoms. The first-order valence-corrected chi connectivity index (χ1v) is 12.8. The highest BCUT2D eigenvalue weighted by molar-refractivity contribution is 6.42. The fraction of sp³-hybridized carbons (Fsp3) is 0.345. The Morgan fingerprint density at radius 2 is 1.97 bits per heavy atom. The van der Waals surface area contributed by atoms with E-state index in [4.69, 9.17) is 0 Å². The van der Waals surface area contributed by atoms with E-state index in [1.54, 1.807) is 19.2 Å². The maximum Gasteiger partial charge on any atom is 0.295 e. The van der Waals surface area contributed by atoms with E-state index in [2.05, 4.69) is 21.4 Å². The van der Waals surface area contributed by atoms with Gasteiger partial charge in [-0.3, -0.25) is 9.59 Å². The molecule has 2 fully saturated rings. The second-order valence-electron chi connectivity index (χ2n) is 10.0. The molecule has 194 valence electrons. The maximum absolute atomic E-state index is 15.4. The molecular weight excluding hydrogens is 483 g/mol. The van der Waals surface area contributed by atoms with Crippen LogP contribution in [-0.4, -0.2) is 49.7 Å². The maximum atomic E-state index is 15.4. The molecule has 3 heterocycles. The molecule has 38 heavy (non-hydrogen) atoms. The van der Waals surface area contributed by atoms with Crippen LogP contribution in [0.5, 0.6) is 0 Å². The molecule has 2 aromatic heterocycles. The van der Waals surface area contributed by atoms with Crippen LogP contribution in [0.3, 0.4) is 0 Å². The Labute approximate surface area is 219 Å². The summed E-state index contributed by atoms with van der Waals surface area (Å²) in [6, 6.07) is 12.3. The molecule has 8 nitrogen and oxygen atoms in total. The molecule has 0 radical (unpaired) electrons. The number of piperidine rings is 1. The highest BCUT2D eigenvalue weighted by Gasteiger charge is 2.69. The Kier molecular flexibility index (Phi) is 6.57. The van der Waals surface area contributed by atoms with Crippen molar-refractivity contribution in [2.75, 3.05) is 13.1 Å². The third kappa shape index (κ3) is 4.06. The Hall–Kier alpha value is -4.32. The van der Waals surface area contributed by atoms with Gasteiger partial charge >= 0.3 is 0 Å². The summed E-state index contributed by atoms with van der Waals surface area (Å²) in [6.45, 7) is 4.36. The van der Waals surface area contributed by atoms with Gasteiger partial charge in [0.05, 0.1) is 40.5 Å². The van der Waals surface area contributed by atoms with Crippen molar-refractivity contribution in [3.8, 4) is 6.07 Å². The zero-order valence-corrected chi connectivity index (χ0v) is 21.4. The highest BCUT2D eigenvalue weighted by Crippen LogP contribution is 2.69. The number of nitrogens with one attached hydrogen (secondary N) is 1. The van der Waals surface area contributed by atoms with Crippen LogP contribution >= 0.6 is 0 Å². The number of H-pyrrole nitrogens is 1. The van der Waals surface area contributed by atoms with Gasteiger partial charge in [0.2, 0.25) is 0 Å². The minimum Gasteiger partial charge on any atom is -0.359 e. The van der Waals surface area contributed by atoms with Crippen LogP contribution in [0.2, 0.25) is 0 Å². The number of Topliss-reactive ketones (excluding diaryl/α,β-unsaturated/α-hetero) is 1. The summed E-state index contributed by atoms with van der Waals surface area (Å²) in [5, 5.41) is 18.2. The lowest BCUT2D eigenvalue weighted by molar-refractivity contribution is -0.128. The lowest BCUT2D eigenvalue weighted by Crippen LogP contribution is -2.45. The lowest BCUT2D eigenvalue weighted by Gasteiger charge is -2.33. The SMILES string of the molecule is CCC=CC(F)=c1c(C(=O)C(=O)N2CCC3(CC2)CC3(C#N)c2ccccc2)c[nH]c1=C(C)n1ccnn1. The van der Waals surface area contributed by atoms with Crippen LogP contribution in [0.25, 0.3) is 11.5 Å². The molecule has 1 aliphatic carbocycles. The Morgan fingerprint density at radius 3 is 2.61 bits per heavy atom. The van der Waals surface area contributed by atoms with Gasteiger partial charge in [0.15, 0.2) is 0 Å². The number of hydrogen-bond donors (Lipinski definition) is 1. The van der Waals surface area contributed by atoms with Crippen molar-refractivity contribution in [1.29, 1.82) is 5.26 Å². The molecule has 5 rings (SSSR count). The lowest BCUT2D eigenvalue weighted by atomic mass is 9.81. The standard InChI is InChI=1S/C29H29FN6O2/c1-3-4-10-23(30)24-22(17-32-25(24)20(2)36-16-13-33-34-36)26(37)27(38)35-14-11-28(12-15-35)18-29(28,19-31)21-8-6-5-7-9-21/h4-10,13,16-17,32H,3,11-12,14-15,18H2,1-2H3. The van der Waals surface area contributed by atoms with Gasteiger partial charge < -0.3 is 9.88 Å². The summed E-state index contributed by atoms with van der Waals surface area (Å²) in [5.41, 5.74) is 0.781. The van der Waals surface area contributed by atoms with Crippen molar-refractivity contribution in [3.05, 3.63) is 82.8 Å². The summed E-state index contributed by atoms with van der Waals surface area (Å²) in [5.74, 6) is -2.05. The van der Waals surface area contributed by atoms with E-state index in [-0.39, 0.29) is 16.2 Å². The zero-order valence-electron chi connectivity index (χ0n) is 21.4. The third-order valence-electron chi connectivity index (χ3n) is 8.03. The molecule has 3 aromatic rings. The molecule has 1 atom stereocenters. The van der Waals surface area contributed by atoms with Crippen LogP contribution in [0.15, 0.2) is 61.1 Å². The minimum absolute atomic E-state index is 0.0231. The van der Waals surface area contributed by atoms with E-state index >= 15 is 4.39 Å². The number of aromatic nitrogens is 4. The van der Waals surface area contributed by atoms with Crippen molar-refractivity contribution in [2.45, 2.75) is 44.9 Å². The van der Waals surface area contributed by atoms with Gasteiger partial charge in [0, 0.05) is 24.5 Å². The fourth-order valence-electron chi connectivity index (χ4n) is 5.76. The molecule has 0 bridgehead atoms. The normalized spacial score (nSPS) is 21.8. The number of carbonyl (C=O) groups is 2. The fourth-order valence-corrected chi connectivity index (χ4v) is 5.76. The smallest absolute Gasteiger partial charge is 0.295 e. The van der Waals surface area contributed by atoms with Crippen LogP contribution in [0, 0.1) is 16.7 Å². The molecule has 1 amide bonds. The van der Waals surface area contributed by atoms with E-state index < -0.39 is 22.9 Å². The molecular formula is C29H29FN6O2. The molecule has 2 aliphatic rings. The van der Waals surface area contributed by atoms with Gasteiger partial charge in [0.1, 0.15) is 5.83 Å². The number of likely N-dealkylation sites (tertiary alicyclic amines) is 1. The van der Waals surface area contributed by atoms with Crippen molar-refractivity contribution in [2.24, 2.45) is 5.41 Å². The van der Waals surface area contributed by atoms with Crippen LogP contribution < -0.4 is 10.6 Å². The summed E-state index contributed by atoms with van der Waals surface area (Å²) in [4.78, 5) is 31.3. The Bertz CT molecular complexity index is 1560. The number of hydrogen-bond acceptors (Lipinski definition) is 5. The molecule has 1 N–H and O–H groups in total. The van der Waals surface area contributed by atoms with E-state index in [1.807, 2.05) is 37.3 Å². The first kappa shape index (κ1) is 25.3. The quantitative estimate of drug-likeness (QED) is 0.404. The average Bonchev–Trinajstić information content (AvgIpc) is 3.34. The number of nitriles is 1. The van der Waals surface area contributed by atoms with Gasteiger partial charge in [-0.05, 0) is 49.7 Å². The van der Waals surface area contributed by atoms with E-state index in [0.717, 1.165) is 12.0 Å². The third-order valence-corrected chi connectivity index (χ3v) is 8.03. The minimum atomic E-state index is -0.768. The topological polar surface area (TPSA) is 108 Å². The highest BCUT2D eigenvalue weighted by atomic mass is 19.1. The van der Waals surface area contributed by atoms with Crippen molar-refractivity contribution >= 4 is 23.2 Å². The molecule has 1 aromatic carbocycles. The number of allylic oxidation sites excluding steroid dienone is 2. The predicted molar refractivity (Wildman–Crippen MR) is 139 cm³/mol. The summed E-state index contributed by atoms with van der Waals surface area (Å²) < 4.78 is 16.9. The summed E-state index contributed by atoms with van der Waals surface area (Å²) in [7, 11) is 0. The number of halogens is 1.